The minimum Gasteiger partial charge on any atom is -0.389 e. The van der Waals surface area contributed by atoms with E-state index in [0.29, 0.717) is 17.1 Å². The zero-order valence-corrected chi connectivity index (χ0v) is 10.9. The molecule has 0 radical (unpaired) electrons. The molecule has 0 amide bonds. The predicted octanol–water partition coefficient (Wildman–Crippen LogP) is 2.25. The number of hydrogen-bond donors (Lipinski definition) is 2. The van der Waals surface area contributed by atoms with Gasteiger partial charge in [0.2, 0.25) is 0 Å². The minimum atomic E-state index is -0.309. The van der Waals surface area contributed by atoms with E-state index in [-0.39, 0.29) is 10.8 Å². The van der Waals surface area contributed by atoms with Crippen molar-refractivity contribution in [2.45, 2.75) is 6.92 Å². The summed E-state index contributed by atoms with van der Waals surface area (Å²) in [4.78, 5) is 0.263. The number of hydrogen-bond acceptors (Lipinski definition) is 3. The number of aryl methyl sites for hydroxylation is 2. The molecule has 1 aromatic carbocycles. The van der Waals surface area contributed by atoms with Crippen molar-refractivity contribution in [1.82, 2.24) is 9.78 Å². The number of nitrogens with two attached hydrogens (primary N) is 1. The number of anilines is 2. The lowest BCUT2D eigenvalue weighted by molar-refractivity contribution is 0.628. The van der Waals surface area contributed by atoms with E-state index < -0.39 is 0 Å². The summed E-state index contributed by atoms with van der Waals surface area (Å²) in [6.07, 6.45) is 0. The molecule has 18 heavy (non-hydrogen) atoms. The lowest BCUT2D eigenvalue weighted by Gasteiger charge is -2.09. The molecule has 0 atom stereocenters. The van der Waals surface area contributed by atoms with Crippen LogP contribution in [0.15, 0.2) is 24.3 Å². The number of nitrogens with one attached hydrogen (secondary N) is 1. The third-order valence-corrected chi connectivity index (χ3v) is 2.76. The average Bonchev–Trinajstić information content (AvgIpc) is 2.53. The fraction of sp³-hybridized carbons (Fsp3) is 0.167. The minimum absolute atomic E-state index is 0.263. The zero-order chi connectivity index (χ0) is 13.3. The summed E-state index contributed by atoms with van der Waals surface area (Å²) in [6, 6.07) is 6.16. The van der Waals surface area contributed by atoms with Gasteiger partial charge < -0.3 is 11.1 Å². The molecule has 3 N–H and O–H groups in total. The van der Waals surface area contributed by atoms with Gasteiger partial charge in [-0.15, -0.1) is 0 Å². The van der Waals surface area contributed by atoms with E-state index in [0.717, 1.165) is 5.69 Å². The number of aromatic nitrogens is 2. The molecule has 0 aliphatic carbocycles. The van der Waals surface area contributed by atoms with Crippen molar-refractivity contribution < 1.29 is 4.39 Å². The standard InChI is InChI=1S/C12H13FN4S/c1-7-10(11(14)18)12(17(2)16-7)15-9-5-3-4-8(13)6-9/h3-6,15H,1-2H3,(H2,14,18). The summed E-state index contributed by atoms with van der Waals surface area (Å²) in [5.74, 6) is 0.348. The third-order valence-electron chi connectivity index (χ3n) is 2.56. The molecule has 0 spiro atoms. The van der Waals surface area contributed by atoms with Crippen LogP contribution in [0.25, 0.3) is 0 Å². The van der Waals surface area contributed by atoms with Gasteiger partial charge in [-0.05, 0) is 25.1 Å². The summed E-state index contributed by atoms with van der Waals surface area (Å²) in [5.41, 5.74) is 7.71. The highest BCUT2D eigenvalue weighted by atomic mass is 32.1. The van der Waals surface area contributed by atoms with Crippen LogP contribution in [0.3, 0.4) is 0 Å². The van der Waals surface area contributed by atoms with Crippen LogP contribution >= 0.6 is 12.2 Å². The average molecular weight is 264 g/mol. The Bertz CT molecular complexity index is 606. The second kappa shape index (κ2) is 4.73. The van der Waals surface area contributed by atoms with Crippen molar-refractivity contribution >= 4 is 28.7 Å². The van der Waals surface area contributed by atoms with Gasteiger partial charge in [-0.25, -0.2) is 4.39 Å². The maximum atomic E-state index is 13.1. The summed E-state index contributed by atoms with van der Waals surface area (Å²) < 4.78 is 14.8. The molecule has 0 saturated carbocycles. The van der Waals surface area contributed by atoms with E-state index in [1.807, 2.05) is 6.92 Å². The molecule has 1 heterocycles. The quantitative estimate of drug-likeness (QED) is 0.835. The van der Waals surface area contributed by atoms with E-state index in [4.69, 9.17) is 18.0 Å². The van der Waals surface area contributed by atoms with Crippen molar-refractivity contribution in [2.24, 2.45) is 12.8 Å². The summed E-state index contributed by atoms with van der Waals surface area (Å²) in [6.45, 7) is 1.82. The van der Waals surface area contributed by atoms with Crippen molar-refractivity contribution in [3.05, 3.63) is 41.3 Å². The van der Waals surface area contributed by atoms with Crippen molar-refractivity contribution in [3.8, 4) is 0 Å². The largest absolute Gasteiger partial charge is 0.389 e. The van der Waals surface area contributed by atoms with Gasteiger partial charge in [0.05, 0.1) is 11.3 Å². The second-order valence-electron chi connectivity index (χ2n) is 3.93. The molecule has 0 saturated heterocycles. The highest BCUT2D eigenvalue weighted by Gasteiger charge is 2.15. The van der Waals surface area contributed by atoms with Gasteiger partial charge in [-0.1, -0.05) is 18.3 Å². The maximum Gasteiger partial charge on any atom is 0.138 e. The van der Waals surface area contributed by atoms with E-state index in [1.165, 1.54) is 12.1 Å². The molecule has 1 aromatic heterocycles. The molecule has 0 fully saturated rings. The fourth-order valence-electron chi connectivity index (χ4n) is 1.80. The monoisotopic (exact) mass is 264 g/mol. The van der Waals surface area contributed by atoms with Gasteiger partial charge in [0.15, 0.2) is 0 Å². The molecule has 2 aromatic rings. The van der Waals surface area contributed by atoms with Gasteiger partial charge in [0.25, 0.3) is 0 Å². The van der Waals surface area contributed by atoms with Crippen molar-refractivity contribution in [1.29, 1.82) is 0 Å². The van der Waals surface area contributed by atoms with Crippen LogP contribution in [0.2, 0.25) is 0 Å². The Morgan fingerprint density at radius 2 is 2.22 bits per heavy atom. The van der Waals surface area contributed by atoms with Crippen LogP contribution in [0.4, 0.5) is 15.9 Å². The molecule has 94 valence electrons. The SMILES string of the molecule is Cc1nn(C)c(Nc2cccc(F)c2)c1C(N)=S. The van der Waals surface area contributed by atoms with E-state index >= 15 is 0 Å². The smallest absolute Gasteiger partial charge is 0.138 e. The molecular weight excluding hydrogens is 251 g/mol. The Labute approximate surface area is 110 Å². The Morgan fingerprint density at radius 3 is 2.83 bits per heavy atom. The van der Waals surface area contributed by atoms with E-state index in [2.05, 4.69) is 10.4 Å². The van der Waals surface area contributed by atoms with Crippen LogP contribution < -0.4 is 11.1 Å². The van der Waals surface area contributed by atoms with Gasteiger partial charge in [0, 0.05) is 12.7 Å². The predicted molar refractivity (Wildman–Crippen MR) is 73.5 cm³/mol. The second-order valence-corrected chi connectivity index (χ2v) is 4.37. The van der Waals surface area contributed by atoms with Crippen LogP contribution in [0.1, 0.15) is 11.3 Å². The lowest BCUT2D eigenvalue weighted by atomic mass is 10.2. The van der Waals surface area contributed by atoms with Gasteiger partial charge in [0.1, 0.15) is 16.6 Å². The first-order valence-corrected chi connectivity index (χ1v) is 5.76. The Morgan fingerprint density at radius 1 is 1.50 bits per heavy atom. The molecule has 2 rings (SSSR count). The topological polar surface area (TPSA) is 55.9 Å². The number of benzene rings is 1. The molecule has 0 bridgehead atoms. The summed E-state index contributed by atoms with van der Waals surface area (Å²) >= 11 is 5.00. The Kier molecular flexibility index (Phi) is 3.29. The number of halogens is 1. The highest BCUT2D eigenvalue weighted by Crippen LogP contribution is 2.23. The molecule has 0 aliphatic heterocycles. The maximum absolute atomic E-state index is 13.1. The van der Waals surface area contributed by atoms with Gasteiger partial charge >= 0.3 is 0 Å². The first-order chi connectivity index (χ1) is 8.49. The van der Waals surface area contributed by atoms with E-state index in [1.54, 1.807) is 23.9 Å². The number of thiocarbonyl (C=S) groups is 1. The Balaban J connectivity index is 2.43. The fourth-order valence-corrected chi connectivity index (χ4v) is 2.04. The normalized spacial score (nSPS) is 10.4. The first kappa shape index (κ1) is 12.5. The Hall–Kier alpha value is -1.95. The van der Waals surface area contributed by atoms with Crippen LogP contribution in [0.5, 0.6) is 0 Å². The van der Waals surface area contributed by atoms with Crippen LogP contribution in [-0.4, -0.2) is 14.8 Å². The van der Waals surface area contributed by atoms with Gasteiger partial charge in [-0.2, -0.15) is 5.10 Å². The highest BCUT2D eigenvalue weighted by molar-refractivity contribution is 7.80. The van der Waals surface area contributed by atoms with Crippen molar-refractivity contribution in [2.75, 3.05) is 5.32 Å². The molecule has 0 aliphatic rings. The van der Waals surface area contributed by atoms with Crippen molar-refractivity contribution in [3.63, 3.8) is 0 Å². The van der Waals surface area contributed by atoms with E-state index in [9.17, 15) is 4.39 Å². The summed E-state index contributed by atoms with van der Waals surface area (Å²) in [5, 5.41) is 7.32. The third kappa shape index (κ3) is 2.33. The zero-order valence-electron chi connectivity index (χ0n) is 10.1. The summed E-state index contributed by atoms with van der Waals surface area (Å²) in [7, 11) is 1.77. The molecule has 6 heteroatoms. The lowest BCUT2D eigenvalue weighted by Crippen LogP contribution is -2.13. The van der Waals surface area contributed by atoms with Crippen LogP contribution in [-0.2, 0) is 7.05 Å². The molecule has 0 unspecified atom stereocenters. The number of nitrogens with zero attached hydrogens (tertiary/aromatic N) is 2. The molecule has 4 nitrogen and oxygen atoms in total. The van der Waals surface area contributed by atoms with Gasteiger partial charge in [-0.3, -0.25) is 4.68 Å². The van der Waals surface area contributed by atoms with Crippen LogP contribution in [0, 0.1) is 12.7 Å². The number of rotatable bonds is 3. The first-order valence-electron chi connectivity index (χ1n) is 5.35. The molecular formula is C12H13FN4S.